The van der Waals surface area contributed by atoms with Gasteiger partial charge in [0, 0.05) is 24.5 Å². The second-order valence-corrected chi connectivity index (χ2v) is 7.31. The first-order chi connectivity index (χ1) is 12.4. The number of rotatable bonds is 5. The van der Waals surface area contributed by atoms with Crippen molar-refractivity contribution in [3.63, 3.8) is 0 Å². The molecule has 1 atom stereocenters. The Bertz CT molecular complexity index is 943. The predicted molar refractivity (Wildman–Crippen MR) is 108 cm³/mol. The minimum atomic E-state index is 0.0260. The maximum Gasteiger partial charge on any atom is 0.135 e. The number of aromatic nitrogens is 3. The summed E-state index contributed by atoms with van der Waals surface area (Å²) in [7, 11) is 1.90. The van der Waals surface area contributed by atoms with E-state index in [-0.39, 0.29) is 12.6 Å². The first kappa shape index (κ1) is 18.4. The summed E-state index contributed by atoms with van der Waals surface area (Å²) in [5, 5.41) is 12.8. The zero-order chi connectivity index (χ0) is 19.0. The lowest BCUT2D eigenvalue weighted by Crippen LogP contribution is -2.08. The van der Waals surface area contributed by atoms with Crippen molar-refractivity contribution >= 4 is 16.9 Å². The molecule has 3 heterocycles. The fourth-order valence-corrected chi connectivity index (χ4v) is 3.33. The molecule has 0 amide bonds. The van der Waals surface area contributed by atoms with Crippen LogP contribution >= 0.6 is 0 Å². The molecule has 3 aromatic heterocycles. The van der Waals surface area contributed by atoms with Crippen molar-refractivity contribution in [2.75, 3.05) is 19.0 Å². The summed E-state index contributed by atoms with van der Waals surface area (Å²) in [6, 6.07) is 6.38. The molecule has 0 aliphatic heterocycles. The van der Waals surface area contributed by atoms with Crippen LogP contribution in [0.3, 0.4) is 0 Å². The number of nitrogens with one attached hydrogen (secondary N) is 1. The molecule has 0 bridgehead atoms. The number of anilines is 1. The lowest BCUT2D eigenvalue weighted by atomic mass is 10.0. The summed E-state index contributed by atoms with van der Waals surface area (Å²) in [5.74, 6) is 1.23. The number of aryl methyl sites for hydroxylation is 2. The molecule has 2 N–H and O–H groups in total. The molecule has 0 radical (unpaired) electrons. The number of nitrogens with zero attached hydrogens (tertiary/aromatic N) is 3. The van der Waals surface area contributed by atoms with Crippen molar-refractivity contribution in [2.45, 2.75) is 46.6 Å². The van der Waals surface area contributed by atoms with Gasteiger partial charge in [-0.1, -0.05) is 13.8 Å². The summed E-state index contributed by atoms with van der Waals surface area (Å²) < 4.78 is 2.10. The van der Waals surface area contributed by atoms with Crippen LogP contribution in [-0.4, -0.2) is 33.3 Å². The van der Waals surface area contributed by atoms with Gasteiger partial charge in [0.15, 0.2) is 0 Å². The van der Waals surface area contributed by atoms with Crippen LogP contribution in [0.2, 0.25) is 0 Å². The Hall–Kier alpha value is -2.40. The normalized spacial score (nSPS) is 12.8. The van der Waals surface area contributed by atoms with Crippen LogP contribution in [0.5, 0.6) is 0 Å². The lowest BCUT2D eigenvalue weighted by Gasteiger charge is -2.15. The number of aliphatic hydroxyl groups is 1. The summed E-state index contributed by atoms with van der Waals surface area (Å²) in [6.45, 7) is 10.5. The van der Waals surface area contributed by atoms with Gasteiger partial charge in [0.1, 0.15) is 5.82 Å². The maximum absolute atomic E-state index is 9.54. The van der Waals surface area contributed by atoms with E-state index in [0.717, 1.165) is 44.9 Å². The second kappa shape index (κ2) is 7.08. The van der Waals surface area contributed by atoms with E-state index in [1.165, 1.54) is 0 Å². The van der Waals surface area contributed by atoms with Crippen LogP contribution in [0.1, 0.15) is 49.6 Å². The molecule has 0 aliphatic rings. The third-order valence-corrected chi connectivity index (χ3v) is 4.92. The highest BCUT2D eigenvalue weighted by atomic mass is 16.3. The molecule has 3 rings (SSSR count). The lowest BCUT2D eigenvalue weighted by molar-refractivity contribution is 0.241. The second-order valence-electron chi connectivity index (χ2n) is 7.31. The molecule has 5 heteroatoms. The zero-order valence-electron chi connectivity index (χ0n) is 16.5. The minimum Gasteiger partial charge on any atom is -0.394 e. The minimum absolute atomic E-state index is 0.0260. The highest BCUT2D eigenvalue weighted by Crippen LogP contribution is 2.33. The van der Waals surface area contributed by atoms with Crippen LogP contribution in [0.25, 0.3) is 22.3 Å². The monoisotopic (exact) mass is 352 g/mol. The van der Waals surface area contributed by atoms with Gasteiger partial charge < -0.3 is 15.0 Å². The third-order valence-electron chi connectivity index (χ3n) is 4.92. The molecule has 0 saturated heterocycles. The summed E-state index contributed by atoms with van der Waals surface area (Å²) in [4.78, 5) is 9.75. The van der Waals surface area contributed by atoms with Gasteiger partial charge in [-0.05, 0) is 56.0 Å². The van der Waals surface area contributed by atoms with E-state index in [1.807, 2.05) is 14.0 Å². The third kappa shape index (κ3) is 3.07. The van der Waals surface area contributed by atoms with Crippen molar-refractivity contribution in [3.05, 3.63) is 41.2 Å². The van der Waals surface area contributed by atoms with E-state index >= 15 is 0 Å². The molecule has 0 fully saturated rings. The highest BCUT2D eigenvalue weighted by Gasteiger charge is 2.17. The molecule has 0 aromatic carbocycles. The first-order valence-electron chi connectivity index (χ1n) is 9.16. The van der Waals surface area contributed by atoms with E-state index in [4.69, 9.17) is 9.97 Å². The summed E-state index contributed by atoms with van der Waals surface area (Å²) in [5.41, 5.74) is 7.26. The van der Waals surface area contributed by atoms with Crippen molar-refractivity contribution in [1.29, 1.82) is 0 Å². The van der Waals surface area contributed by atoms with Gasteiger partial charge in [0.2, 0.25) is 0 Å². The number of hydrogen-bond donors (Lipinski definition) is 2. The standard InChI is InChI=1S/C21H28N4O/c1-12(2)17-8-7-16(21(22-6)23-17)19-13(3)9-18-20(24-19)14(4)10-25(18)15(5)11-26/h7-10,12,15,26H,11H2,1-6H3,(H,22,23)/t15-/m1/s1. The van der Waals surface area contributed by atoms with Gasteiger partial charge in [0.25, 0.3) is 0 Å². The van der Waals surface area contributed by atoms with E-state index in [9.17, 15) is 5.11 Å². The van der Waals surface area contributed by atoms with Crippen molar-refractivity contribution in [3.8, 4) is 11.3 Å². The number of hydrogen-bond acceptors (Lipinski definition) is 4. The van der Waals surface area contributed by atoms with Crippen LogP contribution in [0.4, 0.5) is 5.82 Å². The fourth-order valence-electron chi connectivity index (χ4n) is 3.33. The molecule has 0 saturated carbocycles. The van der Waals surface area contributed by atoms with E-state index in [2.05, 4.69) is 62.0 Å². The quantitative estimate of drug-likeness (QED) is 0.713. The maximum atomic E-state index is 9.54. The molecule has 0 unspecified atom stereocenters. The highest BCUT2D eigenvalue weighted by molar-refractivity contribution is 5.86. The Balaban J connectivity index is 2.21. The zero-order valence-corrected chi connectivity index (χ0v) is 16.5. The number of pyridine rings is 2. The molecule has 3 aromatic rings. The molecule has 5 nitrogen and oxygen atoms in total. The molecule has 26 heavy (non-hydrogen) atoms. The van der Waals surface area contributed by atoms with Crippen molar-refractivity contribution in [1.82, 2.24) is 14.5 Å². The van der Waals surface area contributed by atoms with Gasteiger partial charge in [-0.3, -0.25) is 0 Å². The van der Waals surface area contributed by atoms with Gasteiger partial charge in [-0.25, -0.2) is 9.97 Å². The van der Waals surface area contributed by atoms with Gasteiger partial charge in [-0.2, -0.15) is 0 Å². The smallest absolute Gasteiger partial charge is 0.135 e. The largest absolute Gasteiger partial charge is 0.394 e. The average molecular weight is 352 g/mol. The summed E-state index contributed by atoms with van der Waals surface area (Å²) in [6.07, 6.45) is 2.07. The van der Waals surface area contributed by atoms with Crippen molar-refractivity contribution < 1.29 is 5.11 Å². The van der Waals surface area contributed by atoms with Crippen LogP contribution in [0, 0.1) is 13.8 Å². The predicted octanol–water partition coefficient (Wildman–Crippen LogP) is 4.43. The van der Waals surface area contributed by atoms with Crippen molar-refractivity contribution in [2.24, 2.45) is 0 Å². The number of fused-ring (bicyclic) bond motifs is 1. The topological polar surface area (TPSA) is 63.0 Å². The SMILES string of the molecule is CNc1nc(C(C)C)ccc1-c1nc2c(C)cn([C@H](C)CO)c2cc1C. The Kier molecular flexibility index (Phi) is 5.01. The van der Waals surface area contributed by atoms with E-state index in [0.29, 0.717) is 5.92 Å². The Morgan fingerprint density at radius 1 is 1.12 bits per heavy atom. The van der Waals surface area contributed by atoms with Crippen LogP contribution in [-0.2, 0) is 0 Å². The Morgan fingerprint density at radius 2 is 1.85 bits per heavy atom. The Labute approximate surface area is 155 Å². The van der Waals surface area contributed by atoms with Crippen LogP contribution < -0.4 is 5.32 Å². The molecular formula is C21H28N4O. The van der Waals surface area contributed by atoms with Gasteiger partial charge in [-0.15, -0.1) is 0 Å². The van der Waals surface area contributed by atoms with E-state index < -0.39 is 0 Å². The van der Waals surface area contributed by atoms with Gasteiger partial charge in [0.05, 0.1) is 29.4 Å². The van der Waals surface area contributed by atoms with Gasteiger partial charge >= 0.3 is 0 Å². The molecule has 0 spiro atoms. The van der Waals surface area contributed by atoms with Crippen LogP contribution in [0.15, 0.2) is 24.4 Å². The molecule has 0 aliphatic carbocycles. The molecular weight excluding hydrogens is 324 g/mol. The van der Waals surface area contributed by atoms with E-state index in [1.54, 1.807) is 0 Å². The number of aliphatic hydroxyl groups excluding tert-OH is 1. The molecule has 138 valence electrons. The fraction of sp³-hybridized carbons (Fsp3) is 0.429. The Morgan fingerprint density at radius 3 is 2.46 bits per heavy atom. The average Bonchev–Trinajstić information content (AvgIpc) is 2.95. The summed E-state index contributed by atoms with van der Waals surface area (Å²) >= 11 is 0. The first-order valence-corrected chi connectivity index (χ1v) is 9.16.